The van der Waals surface area contributed by atoms with Crippen LogP contribution >= 0.6 is 0 Å². The average molecular weight is 310 g/mol. The zero-order chi connectivity index (χ0) is 15.9. The summed E-state index contributed by atoms with van der Waals surface area (Å²) in [6.07, 6.45) is 2.34. The molecule has 0 saturated carbocycles. The van der Waals surface area contributed by atoms with Crippen molar-refractivity contribution in [3.05, 3.63) is 29.6 Å². The van der Waals surface area contributed by atoms with E-state index in [2.05, 4.69) is 17.1 Å². The topological polar surface area (TPSA) is 33.7 Å². The Kier molecular flexibility index (Phi) is 6.61. The average Bonchev–Trinajstić information content (AvgIpc) is 2.53. The third-order valence-electron chi connectivity index (χ3n) is 4.28. The molecule has 0 unspecified atom stereocenters. The Balaban J connectivity index is 1.90. The molecule has 0 radical (unpaired) electrons. The summed E-state index contributed by atoms with van der Waals surface area (Å²) in [6.45, 7) is 5.97. The summed E-state index contributed by atoms with van der Waals surface area (Å²) in [5.74, 6) is -0.0154. The fraction of sp³-hybridized carbons (Fsp3) is 0.647. The van der Waals surface area contributed by atoms with Crippen LogP contribution in [0, 0.1) is 5.82 Å². The molecule has 2 rings (SSSR count). The lowest BCUT2D eigenvalue weighted by Crippen LogP contribution is -2.47. The van der Waals surface area contributed by atoms with Crippen molar-refractivity contribution in [3.8, 4) is 5.75 Å². The molecule has 4 nitrogen and oxygen atoms in total. The van der Waals surface area contributed by atoms with Gasteiger partial charge in [0.2, 0.25) is 0 Å². The lowest BCUT2D eigenvalue weighted by molar-refractivity contribution is 0.120. The summed E-state index contributed by atoms with van der Waals surface area (Å²) >= 11 is 0. The second-order valence-corrected chi connectivity index (χ2v) is 5.91. The molecule has 1 aliphatic rings. The summed E-state index contributed by atoms with van der Waals surface area (Å²) in [5, 5.41) is 3.62. The third-order valence-corrected chi connectivity index (χ3v) is 4.28. The molecule has 1 saturated heterocycles. The first-order valence-electron chi connectivity index (χ1n) is 7.94. The van der Waals surface area contributed by atoms with Crippen LogP contribution in [0.5, 0.6) is 5.75 Å². The molecule has 1 aromatic carbocycles. The van der Waals surface area contributed by atoms with E-state index in [0.29, 0.717) is 11.8 Å². The number of nitrogens with one attached hydrogen (secondary N) is 1. The highest BCUT2D eigenvalue weighted by Crippen LogP contribution is 2.23. The Morgan fingerprint density at radius 2 is 2.23 bits per heavy atom. The number of methoxy groups -OCH3 is 2. The van der Waals surface area contributed by atoms with Gasteiger partial charge in [0.05, 0.1) is 13.7 Å². The van der Waals surface area contributed by atoms with Crippen LogP contribution < -0.4 is 10.1 Å². The monoisotopic (exact) mass is 310 g/mol. The number of benzene rings is 1. The first kappa shape index (κ1) is 17.2. The molecular formula is C17H27FN2O2. The van der Waals surface area contributed by atoms with Gasteiger partial charge in [0, 0.05) is 32.3 Å². The van der Waals surface area contributed by atoms with Crippen molar-refractivity contribution in [1.82, 2.24) is 10.2 Å². The lowest BCUT2D eigenvalue weighted by Gasteiger charge is -2.34. The number of hydrogen-bond donors (Lipinski definition) is 1. The predicted molar refractivity (Wildman–Crippen MR) is 85.8 cm³/mol. The van der Waals surface area contributed by atoms with E-state index in [4.69, 9.17) is 9.47 Å². The molecule has 1 aromatic rings. The van der Waals surface area contributed by atoms with E-state index >= 15 is 0 Å². The number of ether oxygens (including phenoxy) is 2. The van der Waals surface area contributed by atoms with Crippen LogP contribution in [-0.4, -0.2) is 51.4 Å². The Morgan fingerprint density at radius 3 is 2.91 bits per heavy atom. The zero-order valence-electron chi connectivity index (χ0n) is 13.8. The van der Waals surface area contributed by atoms with Gasteiger partial charge < -0.3 is 14.8 Å². The summed E-state index contributed by atoms with van der Waals surface area (Å²) in [7, 11) is 3.22. The molecule has 2 atom stereocenters. The normalized spacial score (nSPS) is 20.8. The Bertz CT molecular complexity index is 470. The van der Waals surface area contributed by atoms with Crippen LogP contribution in [0.15, 0.2) is 18.2 Å². The molecule has 22 heavy (non-hydrogen) atoms. The zero-order valence-corrected chi connectivity index (χ0v) is 13.8. The molecule has 0 aromatic heterocycles. The fourth-order valence-corrected chi connectivity index (χ4v) is 3.02. The minimum absolute atomic E-state index is 0.118. The van der Waals surface area contributed by atoms with Crippen molar-refractivity contribution >= 4 is 0 Å². The van der Waals surface area contributed by atoms with E-state index in [1.54, 1.807) is 19.2 Å². The highest BCUT2D eigenvalue weighted by Gasteiger charge is 2.21. The summed E-state index contributed by atoms with van der Waals surface area (Å²) in [4.78, 5) is 2.42. The Hall–Kier alpha value is -1.17. The molecule has 1 heterocycles. The maximum Gasteiger partial charge on any atom is 0.165 e. The molecule has 124 valence electrons. The van der Waals surface area contributed by atoms with Gasteiger partial charge in [-0.3, -0.25) is 4.90 Å². The number of likely N-dealkylation sites (tertiary alicyclic amines) is 1. The second kappa shape index (κ2) is 8.46. The van der Waals surface area contributed by atoms with Gasteiger partial charge in [-0.2, -0.15) is 0 Å². The maximum atomic E-state index is 13.8. The van der Waals surface area contributed by atoms with Gasteiger partial charge in [0.1, 0.15) is 0 Å². The number of hydrogen-bond acceptors (Lipinski definition) is 4. The SMILES string of the molecule is COCCN1CCC[C@H](N[C@H](C)c2ccc(OC)c(F)c2)C1. The quantitative estimate of drug-likeness (QED) is 0.839. The summed E-state index contributed by atoms with van der Waals surface area (Å²) in [5.41, 5.74) is 0.951. The molecule has 0 aliphatic carbocycles. The molecule has 1 aliphatic heterocycles. The van der Waals surface area contributed by atoms with Gasteiger partial charge in [-0.1, -0.05) is 6.07 Å². The van der Waals surface area contributed by atoms with E-state index in [1.165, 1.54) is 13.5 Å². The maximum absolute atomic E-state index is 13.8. The smallest absolute Gasteiger partial charge is 0.165 e. The van der Waals surface area contributed by atoms with Crippen molar-refractivity contribution in [2.75, 3.05) is 40.5 Å². The molecule has 5 heteroatoms. The number of halogens is 1. The first-order chi connectivity index (χ1) is 10.6. The minimum atomic E-state index is -0.306. The van der Waals surface area contributed by atoms with Crippen LogP contribution in [0.25, 0.3) is 0 Å². The molecule has 1 N–H and O–H groups in total. The van der Waals surface area contributed by atoms with Crippen LogP contribution in [-0.2, 0) is 4.74 Å². The van der Waals surface area contributed by atoms with Crippen molar-refractivity contribution < 1.29 is 13.9 Å². The largest absolute Gasteiger partial charge is 0.494 e. The van der Waals surface area contributed by atoms with Crippen LogP contribution in [0.3, 0.4) is 0 Å². The van der Waals surface area contributed by atoms with Crippen molar-refractivity contribution in [3.63, 3.8) is 0 Å². The number of nitrogens with zero attached hydrogens (tertiary/aromatic N) is 1. The van der Waals surface area contributed by atoms with E-state index < -0.39 is 0 Å². The standard InChI is InChI=1S/C17H27FN2O2/c1-13(14-6-7-17(22-3)16(18)11-14)19-15-5-4-8-20(12-15)9-10-21-2/h6-7,11,13,15,19H,4-5,8-10,12H2,1-3H3/t13-,15+/m1/s1. The molecule has 1 fully saturated rings. The predicted octanol–water partition coefficient (Wildman–Crippen LogP) is 2.60. The van der Waals surface area contributed by atoms with E-state index in [-0.39, 0.29) is 11.9 Å². The fourth-order valence-electron chi connectivity index (χ4n) is 3.02. The minimum Gasteiger partial charge on any atom is -0.494 e. The number of piperidine rings is 1. The molecule has 0 spiro atoms. The number of rotatable bonds is 7. The van der Waals surface area contributed by atoms with Crippen LogP contribution in [0.1, 0.15) is 31.4 Å². The van der Waals surface area contributed by atoms with Crippen LogP contribution in [0.2, 0.25) is 0 Å². The lowest BCUT2D eigenvalue weighted by atomic mass is 10.0. The third kappa shape index (κ3) is 4.66. The Morgan fingerprint density at radius 1 is 1.41 bits per heavy atom. The van der Waals surface area contributed by atoms with Gasteiger partial charge in [0.25, 0.3) is 0 Å². The molecular weight excluding hydrogens is 283 g/mol. The summed E-state index contributed by atoms with van der Waals surface area (Å²) < 4.78 is 23.9. The van der Waals surface area contributed by atoms with Gasteiger partial charge in [-0.05, 0) is 44.0 Å². The van der Waals surface area contributed by atoms with E-state index in [9.17, 15) is 4.39 Å². The van der Waals surface area contributed by atoms with Crippen molar-refractivity contribution in [2.24, 2.45) is 0 Å². The van der Waals surface area contributed by atoms with Gasteiger partial charge in [0.15, 0.2) is 11.6 Å². The first-order valence-corrected chi connectivity index (χ1v) is 7.94. The van der Waals surface area contributed by atoms with Gasteiger partial charge in [-0.25, -0.2) is 4.39 Å². The highest BCUT2D eigenvalue weighted by molar-refractivity contribution is 5.30. The van der Waals surface area contributed by atoms with Crippen LogP contribution in [0.4, 0.5) is 4.39 Å². The van der Waals surface area contributed by atoms with Crippen molar-refractivity contribution in [2.45, 2.75) is 31.8 Å². The van der Waals surface area contributed by atoms with Crippen molar-refractivity contribution in [1.29, 1.82) is 0 Å². The van der Waals surface area contributed by atoms with Gasteiger partial charge >= 0.3 is 0 Å². The second-order valence-electron chi connectivity index (χ2n) is 5.91. The van der Waals surface area contributed by atoms with E-state index in [0.717, 1.165) is 38.2 Å². The van der Waals surface area contributed by atoms with Gasteiger partial charge in [-0.15, -0.1) is 0 Å². The Labute approximate surface area is 132 Å². The highest BCUT2D eigenvalue weighted by atomic mass is 19.1. The van der Waals surface area contributed by atoms with E-state index in [1.807, 2.05) is 6.07 Å². The summed E-state index contributed by atoms with van der Waals surface area (Å²) in [6, 6.07) is 5.72. The molecule has 0 amide bonds. The molecule has 0 bridgehead atoms.